The molecule has 0 saturated heterocycles. The minimum atomic E-state index is -4.22. The fourth-order valence-corrected chi connectivity index (χ4v) is 1.28. The van der Waals surface area contributed by atoms with E-state index in [2.05, 4.69) is 4.74 Å². The normalized spacial score (nSPS) is 13.8. The zero-order chi connectivity index (χ0) is 12.4. The molecular formula is C11H19F3O2. The maximum absolute atomic E-state index is 11.7. The standard InChI is InChI=1S/C11H19F3O2/c1-10(8-15)6-4-2-3-5-7-16-9-11(12,13)14/h8,10H,2-7,9H2,1H3. The van der Waals surface area contributed by atoms with Gasteiger partial charge < -0.3 is 9.53 Å². The summed E-state index contributed by atoms with van der Waals surface area (Å²) in [5.41, 5.74) is 0. The first kappa shape index (κ1) is 15.4. The highest BCUT2D eigenvalue weighted by Crippen LogP contribution is 2.15. The molecule has 0 fully saturated rings. The predicted molar refractivity (Wildman–Crippen MR) is 55.2 cm³/mol. The molecule has 0 aromatic heterocycles. The number of carbonyl (C=O) groups excluding carboxylic acids is 1. The van der Waals surface area contributed by atoms with Gasteiger partial charge in [0.25, 0.3) is 0 Å². The van der Waals surface area contributed by atoms with Gasteiger partial charge in [-0.25, -0.2) is 0 Å². The molecule has 5 heteroatoms. The molecule has 0 saturated carbocycles. The lowest BCUT2D eigenvalue weighted by Gasteiger charge is -2.07. The monoisotopic (exact) mass is 240 g/mol. The van der Waals surface area contributed by atoms with Crippen LogP contribution in [0.15, 0.2) is 0 Å². The summed E-state index contributed by atoms with van der Waals surface area (Å²) >= 11 is 0. The number of alkyl halides is 3. The summed E-state index contributed by atoms with van der Waals surface area (Å²) in [6, 6.07) is 0. The zero-order valence-electron chi connectivity index (χ0n) is 9.55. The molecule has 96 valence electrons. The number of carbonyl (C=O) groups is 1. The quantitative estimate of drug-likeness (QED) is 0.456. The summed E-state index contributed by atoms with van der Waals surface area (Å²) in [4.78, 5) is 10.3. The SMILES string of the molecule is CC(C=O)CCCCCCOCC(F)(F)F. The first-order valence-electron chi connectivity index (χ1n) is 5.55. The summed E-state index contributed by atoms with van der Waals surface area (Å²) < 4.78 is 39.4. The van der Waals surface area contributed by atoms with Crippen LogP contribution in [0.25, 0.3) is 0 Å². The third kappa shape index (κ3) is 11.5. The number of unbranched alkanes of at least 4 members (excludes halogenated alkanes) is 3. The lowest BCUT2D eigenvalue weighted by molar-refractivity contribution is -0.174. The smallest absolute Gasteiger partial charge is 0.372 e. The summed E-state index contributed by atoms with van der Waals surface area (Å²) in [7, 11) is 0. The molecule has 0 aromatic rings. The number of hydrogen-bond donors (Lipinski definition) is 0. The second kappa shape index (κ2) is 8.56. The minimum Gasteiger partial charge on any atom is -0.372 e. The van der Waals surface area contributed by atoms with Crippen LogP contribution in [0, 0.1) is 5.92 Å². The van der Waals surface area contributed by atoms with E-state index >= 15 is 0 Å². The highest BCUT2D eigenvalue weighted by molar-refractivity contribution is 5.52. The zero-order valence-corrected chi connectivity index (χ0v) is 9.55. The van der Waals surface area contributed by atoms with Crippen molar-refractivity contribution in [2.75, 3.05) is 13.2 Å². The Balaban J connectivity index is 3.13. The van der Waals surface area contributed by atoms with Gasteiger partial charge in [0, 0.05) is 12.5 Å². The van der Waals surface area contributed by atoms with E-state index in [1.54, 1.807) is 0 Å². The van der Waals surface area contributed by atoms with E-state index in [1.165, 1.54) is 0 Å². The topological polar surface area (TPSA) is 26.3 Å². The fourth-order valence-electron chi connectivity index (χ4n) is 1.28. The van der Waals surface area contributed by atoms with E-state index in [9.17, 15) is 18.0 Å². The van der Waals surface area contributed by atoms with E-state index in [1.807, 2.05) is 6.92 Å². The second-order valence-electron chi connectivity index (χ2n) is 3.98. The van der Waals surface area contributed by atoms with E-state index in [0.717, 1.165) is 32.0 Å². The molecule has 0 radical (unpaired) electrons. The number of aldehydes is 1. The molecule has 0 aliphatic carbocycles. The van der Waals surface area contributed by atoms with Crippen molar-refractivity contribution in [2.45, 2.75) is 45.2 Å². The van der Waals surface area contributed by atoms with Gasteiger partial charge in [-0.3, -0.25) is 0 Å². The third-order valence-electron chi connectivity index (χ3n) is 2.20. The molecule has 16 heavy (non-hydrogen) atoms. The maximum Gasteiger partial charge on any atom is 0.411 e. The summed E-state index contributed by atoms with van der Waals surface area (Å²) in [6.45, 7) is 0.858. The van der Waals surface area contributed by atoms with Crippen molar-refractivity contribution >= 4 is 6.29 Å². The van der Waals surface area contributed by atoms with Gasteiger partial charge in [-0.2, -0.15) is 13.2 Å². The molecule has 0 bridgehead atoms. The Morgan fingerprint density at radius 2 is 1.81 bits per heavy atom. The van der Waals surface area contributed by atoms with Crippen LogP contribution >= 0.6 is 0 Å². The van der Waals surface area contributed by atoms with Crippen LogP contribution in [-0.2, 0) is 9.53 Å². The van der Waals surface area contributed by atoms with E-state index in [4.69, 9.17) is 0 Å². The molecule has 0 rings (SSSR count). The van der Waals surface area contributed by atoms with Gasteiger partial charge in [0.1, 0.15) is 12.9 Å². The van der Waals surface area contributed by atoms with Crippen LogP contribution in [0.3, 0.4) is 0 Å². The van der Waals surface area contributed by atoms with E-state index in [-0.39, 0.29) is 12.5 Å². The van der Waals surface area contributed by atoms with Crippen molar-refractivity contribution in [1.29, 1.82) is 0 Å². The van der Waals surface area contributed by atoms with Crippen LogP contribution in [0.5, 0.6) is 0 Å². The molecule has 0 heterocycles. The molecule has 1 unspecified atom stereocenters. The maximum atomic E-state index is 11.7. The van der Waals surface area contributed by atoms with Gasteiger partial charge in [-0.1, -0.05) is 26.2 Å². The Morgan fingerprint density at radius 3 is 2.38 bits per heavy atom. The van der Waals surface area contributed by atoms with Gasteiger partial charge in [0.05, 0.1) is 0 Å². The van der Waals surface area contributed by atoms with Crippen LogP contribution in [0.2, 0.25) is 0 Å². The number of hydrogen-bond acceptors (Lipinski definition) is 2. The number of rotatable bonds is 9. The van der Waals surface area contributed by atoms with Crippen molar-refractivity contribution < 1.29 is 22.7 Å². The average molecular weight is 240 g/mol. The van der Waals surface area contributed by atoms with Crippen LogP contribution in [-0.4, -0.2) is 25.7 Å². The Labute approximate surface area is 94.2 Å². The highest BCUT2D eigenvalue weighted by atomic mass is 19.4. The largest absolute Gasteiger partial charge is 0.411 e. The summed E-state index contributed by atoms with van der Waals surface area (Å²) in [6.07, 6.45) is 0.931. The second-order valence-corrected chi connectivity index (χ2v) is 3.98. The van der Waals surface area contributed by atoms with Gasteiger partial charge in [0.15, 0.2) is 0 Å². The average Bonchev–Trinajstić information content (AvgIpc) is 2.20. The Hall–Kier alpha value is -0.580. The molecule has 0 spiro atoms. The predicted octanol–water partition coefficient (Wildman–Crippen LogP) is 3.35. The lowest BCUT2D eigenvalue weighted by atomic mass is 10.0. The third-order valence-corrected chi connectivity index (χ3v) is 2.20. The van der Waals surface area contributed by atoms with Crippen molar-refractivity contribution in [3.63, 3.8) is 0 Å². The van der Waals surface area contributed by atoms with Crippen molar-refractivity contribution in [2.24, 2.45) is 5.92 Å². The molecular weight excluding hydrogens is 221 g/mol. The van der Waals surface area contributed by atoms with Gasteiger partial charge in [-0.15, -0.1) is 0 Å². The Bertz CT molecular complexity index is 181. The highest BCUT2D eigenvalue weighted by Gasteiger charge is 2.27. The van der Waals surface area contributed by atoms with Crippen LogP contribution in [0.1, 0.15) is 39.0 Å². The molecule has 0 aliphatic rings. The summed E-state index contributed by atoms with van der Waals surface area (Å²) in [5, 5.41) is 0. The first-order valence-corrected chi connectivity index (χ1v) is 5.55. The summed E-state index contributed by atoms with van der Waals surface area (Å²) in [5.74, 6) is 0.0847. The molecule has 0 aliphatic heterocycles. The van der Waals surface area contributed by atoms with Gasteiger partial charge in [-0.05, 0) is 12.8 Å². The molecule has 0 N–H and O–H groups in total. The van der Waals surface area contributed by atoms with Crippen LogP contribution < -0.4 is 0 Å². The molecule has 0 aromatic carbocycles. The first-order chi connectivity index (χ1) is 7.45. The fraction of sp³-hybridized carbons (Fsp3) is 0.909. The molecule has 1 atom stereocenters. The van der Waals surface area contributed by atoms with Crippen LogP contribution in [0.4, 0.5) is 13.2 Å². The number of halogens is 3. The van der Waals surface area contributed by atoms with Crippen molar-refractivity contribution in [1.82, 2.24) is 0 Å². The number of ether oxygens (including phenoxy) is 1. The van der Waals surface area contributed by atoms with Crippen molar-refractivity contribution in [3.05, 3.63) is 0 Å². The minimum absolute atomic E-state index is 0.0847. The van der Waals surface area contributed by atoms with Gasteiger partial charge in [0.2, 0.25) is 0 Å². The van der Waals surface area contributed by atoms with Gasteiger partial charge >= 0.3 is 6.18 Å². The molecule has 0 amide bonds. The lowest BCUT2D eigenvalue weighted by Crippen LogP contribution is -2.17. The Morgan fingerprint density at radius 1 is 1.19 bits per heavy atom. The van der Waals surface area contributed by atoms with E-state index < -0.39 is 12.8 Å². The van der Waals surface area contributed by atoms with Crippen molar-refractivity contribution in [3.8, 4) is 0 Å². The van der Waals surface area contributed by atoms with E-state index in [0.29, 0.717) is 6.42 Å². The Kier molecular flexibility index (Phi) is 8.25. The molecule has 2 nitrogen and oxygen atoms in total.